The average molecular weight is 339 g/mol. The molecule has 0 fully saturated rings. The maximum Gasteiger partial charge on any atom is 0.191 e. The van der Waals surface area contributed by atoms with Gasteiger partial charge in [-0.3, -0.25) is 9.98 Å². The van der Waals surface area contributed by atoms with E-state index in [1.165, 1.54) is 15.8 Å². The van der Waals surface area contributed by atoms with Gasteiger partial charge in [0.25, 0.3) is 0 Å². The summed E-state index contributed by atoms with van der Waals surface area (Å²) in [6, 6.07) is 10.2. The van der Waals surface area contributed by atoms with E-state index in [1.807, 2.05) is 36.7 Å². The molecule has 0 aliphatic carbocycles. The first-order valence-corrected chi connectivity index (χ1v) is 8.76. The van der Waals surface area contributed by atoms with Gasteiger partial charge < -0.3 is 10.6 Å². The Morgan fingerprint density at radius 3 is 2.83 bits per heavy atom. The molecule has 24 heavy (non-hydrogen) atoms. The molecule has 124 valence electrons. The van der Waals surface area contributed by atoms with Gasteiger partial charge in [-0.1, -0.05) is 18.2 Å². The Labute approximate surface area is 145 Å². The number of aryl methyl sites for hydroxylation is 1. The molecule has 0 saturated heterocycles. The van der Waals surface area contributed by atoms with E-state index in [9.17, 15) is 0 Å². The summed E-state index contributed by atoms with van der Waals surface area (Å²) < 4.78 is 0. The summed E-state index contributed by atoms with van der Waals surface area (Å²) in [5.41, 5.74) is 2.22. The van der Waals surface area contributed by atoms with Gasteiger partial charge in [-0.05, 0) is 24.6 Å². The van der Waals surface area contributed by atoms with Crippen LogP contribution in [0.1, 0.15) is 15.4 Å². The zero-order chi connectivity index (χ0) is 16.8. The lowest BCUT2D eigenvalue weighted by atomic mass is 10.1. The number of aliphatic imine (C=N–C) groups is 1. The molecule has 3 rings (SSSR count). The third kappa shape index (κ3) is 4.08. The van der Waals surface area contributed by atoms with E-state index in [0.29, 0.717) is 6.54 Å². The highest BCUT2D eigenvalue weighted by Crippen LogP contribution is 2.15. The second kappa shape index (κ2) is 7.88. The largest absolute Gasteiger partial charge is 0.356 e. The Bertz CT molecular complexity index is 835. The standard InChI is InChI=1S/C18H21N5S/c1-13-11-22-17(24-13)8-10-21-18(19-2)23-12-14-7-9-20-16-6-4-3-5-15(14)16/h3-7,9,11H,8,10,12H2,1-2H3,(H2,19,21,23). The highest BCUT2D eigenvalue weighted by Gasteiger charge is 2.04. The summed E-state index contributed by atoms with van der Waals surface area (Å²) in [5, 5.41) is 9.02. The monoisotopic (exact) mass is 339 g/mol. The molecule has 2 heterocycles. The molecule has 0 aliphatic rings. The lowest BCUT2D eigenvalue weighted by Gasteiger charge is -2.12. The predicted octanol–water partition coefficient (Wildman–Crippen LogP) is 2.91. The predicted molar refractivity (Wildman–Crippen MR) is 100 cm³/mol. The van der Waals surface area contributed by atoms with Crippen molar-refractivity contribution in [1.29, 1.82) is 0 Å². The molecule has 0 amide bonds. The number of guanidine groups is 1. The van der Waals surface area contributed by atoms with E-state index in [4.69, 9.17) is 0 Å². The third-order valence-corrected chi connectivity index (χ3v) is 4.68. The lowest BCUT2D eigenvalue weighted by molar-refractivity contribution is 0.793. The van der Waals surface area contributed by atoms with Gasteiger partial charge in [-0.25, -0.2) is 4.98 Å². The van der Waals surface area contributed by atoms with Gasteiger partial charge in [-0.2, -0.15) is 0 Å². The molecular formula is C18H21N5S. The van der Waals surface area contributed by atoms with Gasteiger partial charge >= 0.3 is 0 Å². The van der Waals surface area contributed by atoms with E-state index in [-0.39, 0.29) is 0 Å². The summed E-state index contributed by atoms with van der Waals surface area (Å²) in [6.07, 6.45) is 4.67. The zero-order valence-electron chi connectivity index (χ0n) is 13.9. The Balaban J connectivity index is 1.55. The summed E-state index contributed by atoms with van der Waals surface area (Å²) in [6.45, 7) is 3.59. The number of para-hydroxylation sites is 1. The number of benzene rings is 1. The van der Waals surface area contributed by atoms with Gasteiger partial charge in [0.05, 0.1) is 10.5 Å². The van der Waals surface area contributed by atoms with Gasteiger partial charge in [0, 0.05) is 49.2 Å². The molecule has 0 aliphatic heterocycles. The summed E-state index contributed by atoms with van der Waals surface area (Å²) in [7, 11) is 1.79. The molecule has 5 nitrogen and oxygen atoms in total. The van der Waals surface area contributed by atoms with Crippen LogP contribution in [0.25, 0.3) is 10.9 Å². The van der Waals surface area contributed by atoms with Crippen molar-refractivity contribution in [3.63, 3.8) is 0 Å². The van der Waals surface area contributed by atoms with Crippen LogP contribution in [0.4, 0.5) is 0 Å². The van der Waals surface area contributed by atoms with Crippen molar-refractivity contribution >= 4 is 28.2 Å². The fourth-order valence-electron chi connectivity index (χ4n) is 2.51. The van der Waals surface area contributed by atoms with Gasteiger partial charge in [0.2, 0.25) is 0 Å². The zero-order valence-corrected chi connectivity index (χ0v) is 14.7. The van der Waals surface area contributed by atoms with Crippen LogP contribution >= 0.6 is 11.3 Å². The molecule has 0 unspecified atom stereocenters. The van der Waals surface area contributed by atoms with E-state index in [2.05, 4.69) is 38.6 Å². The van der Waals surface area contributed by atoms with Crippen LogP contribution in [-0.2, 0) is 13.0 Å². The number of thiazole rings is 1. The molecule has 2 N–H and O–H groups in total. The third-order valence-electron chi connectivity index (χ3n) is 3.71. The first-order chi connectivity index (χ1) is 11.8. The summed E-state index contributed by atoms with van der Waals surface area (Å²) >= 11 is 1.74. The molecule has 0 bridgehead atoms. The Morgan fingerprint density at radius 2 is 2.04 bits per heavy atom. The van der Waals surface area contributed by atoms with E-state index in [0.717, 1.165) is 29.4 Å². The van der Waals surface area contributed by atoms with Crippen LogP contribution in [0, 0.1) is 6.92 Å². The van der Waals surface area contributed by atoms with Gasteiger partial charge in [0.1, 0.15) is 0 Å². The quantitative estimate of drug-likeness (QED) is 0.554. The second-order valence-electron chi connectivity index (χ2n) is 5.45. The van der Waals surface area contributed by atoms with Crippen LogP contribution in [0.5, 0.6) is 0 Å². The normalized spacial score (nSPS) is 11.7. The lowest BCUT2D eigenvalue weighted by Crippen LogP contribution is -2.37. The maximum atomic E-state index is 4.39. The molecule has 0 radical (unpaired) electrons. The van der Waals surface area contributed by atoms with Crippen molar-refractivity contribution in [3.05, 3.63) is 58.2 Å². The highest BCUT2D eigenvalue weighted by atomic mass is 32.1. The minimum atomic E-state index is 0.707. The Hall–Kier alpha value is -2.47. The van der Waals surface area contributed by atoms with Crippen LogP contribution in [0.2, 0.25) is 0 Å². The van der Waals surface area contributed by atoms with Crippen molar-refractivity contribution in [2.45, 2.75) is 19.9 Å². The number of nitrogens with one attached hydrogen (secondary N) is 2. The van der Waals surface area contributed by atoms with Crippen LogP contribution in [0.15, 0.2) is 47.7 Å². The molecule has 0 saturated carbocycles. The van der Waals surface area contributed by atoms with Crippen molar-refractivity contribution in [3.8, 4) is 0 Å². The molecule has 2 aromatic heterocycles. The van der Waals surface area contributed by atoms with Crippen molar-refractivity contribution in [2.75, 3.05) is 13.6 Å². The summed E-state index contributed by atoms with van der Waals surface area (Å²) in [4.78, 5) is 14.3. The molecule has 0 atom stereocenters. The first-order valence-electron chi connectivity index (χ1n) is 7.94. The van der Waals surface area contributed by atoms with E-state index in [1.54, 1.807) is 18.4 Å². The van der Waals surface area contributed by atoms with Crippen LogP contribution in [-0.4, -0.2) is 29.5 Å². The van der Waals surface area contributed by atoms with Crippen molar-refractivity contribution in [2.24, 2.45) is 4.99 Å². The minimum absolute atomic E-state index is 0.707. The number of fused-ring (bicyclic) bond motifs is 1. The minimum Gasteiger partial charge on any atom is -0.356 e. The van der Waals surface area contributed by atoms with Crippen molar-refractivity contribution < 1.29 is 0 Å². The molecule has 0 spiro atoms. The smallest absolute Gasteiger partial charge is 0.191 e. The number of pyridine rings is 1. The number of hydrogen-bond acceptors (Lipinski definition) is 4. The highest BCUT2D eigenvalue weighted by molar-refractivity contribution is 7.11. The average Bonchev–Trinajstić information content (AvgIpc) is 3.03. The number of nitrogens with zero attached hydrogens (tertiary/aromatic N) is 3. The maximum absolute atomic E-state index is 4.39. The molecule has 3 aromatic rings. The SMILES string of the molecule is CN=C(NCCc1ncc(C)s1)NCc1ccnc2ccccc12. The number of aromatic nitrogens is 2. The van der Waals surface area contributed by atoms with Crippen molar-refractivity contribution in [1.82, 2.24) is 20.6 Å². The molecule has 6 heteroatoms. The fraction of sp³-hybridized carbons (Fsp3) is 0.278. The second-order valence-corrected chi connectivity index (χ2v) is 6.77. The van der Waals surface area contributed by atoms with Crippen LogP contribution < -0.4 is 10.6 Å². The number of rotatable bonds is 5. The molecular weight excluding hydrogens is 318 g/mol. The molecule has 1 aromatic carbocycles. The number of hydrogen-bond donors (Lipinski definition) is 2. The van der Waals surface area contributed by atoms with E-state index < -0.39 is 0 Å². The van der Waals surface area contributed by atoms with E-state index >= 15 is 0 Å². The van der Waals surface area contributed by atoms with Gasteiger partial charge in [-0.15, -0.1) is 11.3 Å². The Morgan fingerprint density at radius 1 is 1.17 bits per heavy atom. The summed E-state index contributed by atoms with van der Waals surface area (Å²) in [5.74, 6) is 0.796. The topological polar surface area (TPSA) is 62.2 Å². The first kappa shape index (κ1) is 16.4. The van der Waals surface area contributed by atoms with Gasteiger partial charge in [0.15, 0.2) is 5.96 Å². The van der Waals surface area contributed by atoms with Crippen LogP contribution in [0.3, 0.4) is 0 Å². The fourth-order valence-corrected chi connectivity index (χ4v) is 3.30. The Kier molecular flexibility index (Phi) is 5.38.